The monoisotopic (exact) mass is 191 g/mol. The predicted octanol–water partition coefficient (Wildman–Crippen LogP) is 2.22. The molecule has 0 radical (unpaired) electrons. The Morgan fingerprint density at radius 1 is 1.50 bits per heavy atom. The van der Waals surface area contributed by atoms with Crippen LogP contribution >= 0.6 is 0 Å². The lowest BCUT2D eigenvalue weighted by Crippen LogP contribution is -2.08. The van der Waals surface area contributed by atoms with E-state index < -0.39 is 0 Å². The fourth-order valence-electron chi connectivity index (χ4n) is 1.07. The summed E-state index contributed by atoms with van der Waals surface area (Å²) in [6.07, 6.45) is 3.09. The molecule has 1 rings (SSSR count). The number of phenolic OH excluding ortho intramolecular Hbond substituents is 1. The normalized spacial score (nSPS) is 10.4. The smallest absolute Gasteiger partial charge is 0.248 e. The quantitative estimate of drug-likeness (QED) is 0.704. The molecule has 0 aliphatic rings. The summed E-state index contributed by atoms with van der Waals surface area (Å²) < 4.78 is 0. The molecule has 0 bridgehead atoms. The number of hydrogen-bond donors (Lipinski definition) is 2. The first-order valence-corrected chi connectivity index (χ1v) is 4.37. The number of nitrogens with one attached hydrogen (secondary N) is 1. The Morgan fingerprint density at radius 3 is 2.86 bits per heavy atom. The van der Waals surface area contributed by atoms with E-state index in [0.29, 0.717) is 5.69 Å². The molecule has 74 valence electrons. The lowest BCUT2D eigenvalue weighted by molar-refractivity contribution is -0.111. The molecule has 0 unspecified atom stereocenters. The van der Waals surface area contributed by atoms with Gasteiger partial charge in [-0.3, -0.25) is 4.79 Å². The van der Waals surface area contributed by atoms with Crippen LogP contribution < -0.4 is 5.32 Å². The van der Waals surface area contributed by atoms with Crippen LogP contribution in [0.25, 0.3) is 0 Å². The standard InChI is InChI=1S/C11H13NO2/c1-3-4-11(14)12-10-7-9(13)6-5-8(10)2/h3-7,13H,1-2H3,(H,12,14)/b4-3+. The largest absolute Gasteiger partial charge is 0.508 e. The van der Waals surface area contributed by atoms with Gasteiger partial charge in [0.15, 0.2) is 0 Å². The molecule has 0 heterocycles. The molecule has 0 fully saturated rings. The van der Waals surface area contributed by atoms with Gasteiger partial charge in [-0.15, -0.1) is 0 Å². The SMILES string of the molecule is C/C=C/C(=O)Nc1cc(O)ccc1C. The second kappa shape index (κ2) is 4.46. The second-order valence-corrected chi connectivity index (χ2v) is 2.99. The van der Waals surface area contributed by atoms with Crippen LogP contribution in [0.15, 0.2) is 30.4 Å². The Bertz CT molecular complexity index is 370. The number of carbonyl (C=O) groups excluding carboxylic acids is 1. The van der Waals surface area contributed by atoms with Crippen LogP contribution in [0.1, 0.15) is 12.5 Å². The molecule has 0 aliphatic carbocycles. The van der Waals surface area contributed by atoms with Crippen LogP contribution in [0.5, 0.6) is 5.75 Å². The van der Waals surface area contributed by atoms with Gasteiger partial charge < -0.3 is 10.4 Å². The van der Waals surface area contributed by atoms with Crippen LogP contribution in [0, 0.1) is 6.92 Å². The fraction of sp³-hybridized carbons (Fsp3) is 0.182. The van der Waals surface area contributed by atoms with E-state index in [4.69, 9.17) is 0 Å². The maximum atomic E-state index is 11.2. The average molecular weight is 191 g/mol. The summed E-state index contributed by atoms with van der Waals surface area (Å²) in [5.41, 5.74) is 1.55. The zero-order chi connectivity index (χ0) is 10.6. The number of anilines is 1. The molecular weight excluding hydrogens is 178 g/mol. The molecule has 1 amide bonds. The van der Waals surface area contributed by atoms with Crippen molar-refractivity contribution in [2.75, 3.05) is 5.32 Å². The highest BCUT2D eigenvalue weighted by Gasteiger charge is 2.01. The van der Waals surface area contributed by atoms with Gasteiger partial charge in [0.2, 0.25) is 5.91 Å². The Balaban J connectivity index is 2.85. The van der Waals surface area contributed by atoms with Crippen LogP contribution in [-0.4, -0.2) is 11.0 Å². The predicted molar refractivity (Wildman–Crippen MR) is 56.3 cm³/mol. The molecule has 0 spiro atoms. The van der Waals surface area contributed by atoms with Crippen molar-refractivity contribution >= 4 is 11.6 Å². The first kappa shape index (κ1) is 10.3. The van der Waals surface area contributed by atoms with Crippen molar-refractivity contribution in [2.45, 2.75) is 13.8 Å². The number of phenols is 1. The minimum Gasteiger partial charge on any atom is -0.508 e. The van der Waals surface area contributed by atoms with Gasteiger partial charge in [0.1, 0.15) is 5.75 Å². The number of hydrogen-bond acceptors (Lipinski definition) is 2. The number of benzene rings is 1. The number of rotatable bonds is 2. The molecule has 1 aromatic carbocycles. The average Bonchev–Trinajstić information content (AvgIpc) is 2.12. The number of aromatic hydroxyl groups is 1. The molecule has 0 aliphatic heterocycles. The van der Waals surface area contributed by atoms with E-state index in [1.165, 1.54) is 12.1 Å². The topological polar surface area (TPSA) is 49.3 Å². The molecule has 0 saturated heterocycles. The third-order valence-corrected chi connectivity index (χ3v) is 1.80. The minimum absolute atomic E-state index is 0.145. The first-order chi connectivity index (χ1) is 6.63. The Labute approximate surface area is 83.1 Å². The Hall–Kier alpha value is -1.77. The summed E-state index contributed by atoms with van der Waals surface area (Å²) in [5.74, 6) is -0.0485. The van der Waals surface area contributed by atoms with Crippen molar-refractivity contribution in [3.05, 3.63) is 35.9 Å². The van der Waals surface area contributed by atoms with Crippen molar-refractivity contribution in [2.24, 2.45) is 0 Å². The van der Waals surface area contributed by atoms with Crippen LogP contribution in [0.3, 0.4) is 0 Å². The maximum Gasteiger partial charge on any atom is 0.248 e. The molecule has 0 atom stereocenters. The first-order valence-electron chi connectivity index (χ1n) is 4.37. The summed E-state index contributed by atoms with van der Waals surface area (Å²) in [4.78, 5) is 11.2. The lowest BCUT2D eigenvalue weighted by Gasteiger charge is -2.06. The molecule has 14 heavy (non-hydrogen) atoms. The highest BCUT2D eigenvalue weighted by Crippen LogP contribution is 2.20. The second-order valence-electron chi connectivity index (χ2n) is 2.99. The van der Waals surface area contributed by atoms with Crippen LogP contribution in [-0.2, 0) is 4.79 Å². The number of carbonyl (C=O) groups is 1. The van der Waals surface area contributed by atoms with Gasteiger partial charge in [-0.25, -0.2) is 0 Å². The molecule has 0 saturated carbocycles. The number of amides is 1. The van der Waals surface area contributed by atoms with Crippen LogP contribution in [0.2, 0.25) is 0 Å². The van der Waals surface area contributed by atoms with E-state index in [0.717, 1.165) is 5.56 Å². The Morgan fingerprint density at radius 2 is 2.21 bits per heavy atom. The molecule has 0 aromatic heterocycles. The van der Waals surface area contributed by atoms with Gasteiger partial charge in [-0.1, -0.05) is 12.1 Å². The zero-order valence-corrected chi connectivity index (χ0v) is 8.24. The molecule has 3 heteroatoms. The maximum absolute atomic E-state index is 11.2. The molecular formula is C11H13NO2. The highest BCUT2D eigenvalue weighted by molar-refractivity contribution is 5.99. The van der Waals surface area contributed by atoms with E-state index >= 15 is 0 Å². The molecule has 3 nitrogen and oxygen atoms in total. The van der Waals surface area contributed by atoms with Gasteiger partial charge in [-0.2, -0.15) is 0 Å². The van der Waals surface area contributed by atoms with Gasteiger partial charge >= 0.3 is 0 Å². The zero-order valence-electron chi connectivity index (χ0n) is 8.24. The van der Waals surface area contributed by atoms with Crippen molar-refractivity contribution in [1.29, 1.82) is 0 Å². The number of allylic oxidation sites excluding steroid dienone is 1. The van der Waals surface area contributed by atoms with Crippen molar-refractivity contribution < 1.29 is 9.90 Å². The van der Waals surface area contributed by atoms with Gasteiger partial charge in [0.05, 0.1) is 0 Å². The summed E-state index contributed by atoms with van der Waals surface area (Å²) in [5, 5.41) is 11.9. The van der Waals surface area contributed by atoms with Gasteiger partial charge in [-0.05, 0) is 31.6 Å². The highest BCUT2D eigenvalue weighted by atomic mass is 16.3. The van der Waals surface area contributed by atoms with Crippen molar-refractivity contribution in [3.8, 4) is 5.75 Å². The van der Waals surface area contributed by atoms with E-state index in [1.54, 1.807) is 25.1 Å². The van der Waals surface area contributed by atoms with E-state index in [-0.39, 0.29) is 11.7 Å². The van der Waals surface area contributed by atoms with Crippen LogP contribution in [0.4, 0.5) is 5.69 Å². The summed E-state index contributed by atoms with van der Waals surface area (Å²) in [6, 6.07) is 4.86. The van der Waals surface area contributed by atoms with Crippen molar-refractivity contribution in [3.63, 3.8) is 0 Å². The van der Waals surface area contributed by atoms with E-state index in [1.807, 2.05) is 6.92 Å². The summed E-state index contributed by atoms with van der Waals surface area (Å²) in [6.45, 7) is 3.64. The van der Waals surface area contributed by atoms with Gasteiger partial charge in [0, 0.05) is 11.8 Å². The minimum atomic E-state index is -0.193. The fourth-order valence-corrected chi connectivity index (χ4v) is 1.07. The van der Waals surface area contributed by atoms with Crippen molar-refractivity contribution in [1.82, 2.24) is 0 Å². The third-order valence-electron chi connectivity index (χ3n) is 1.80. The molecule has 2 N–H and O–H groups in total. The lowest BCUT2D eigenvalue weighted by atomic mass is 10.2. The summed E-state index contributed by atoms with van der Waals surface area (Å²) >= 11 is 0. The number of aryl methyl sites for hydroxylation is 1. The Kier molecular flexibility index (Phi) is 3.29. The molecule has 1 aromatic rings. The van der Waals surface area contributed by atoms with E-state index in [2.05, 4.69) is 5.32 Å². The van der Waals surface area contributed by atoms with E-state index in [9.17, 15) is 9.90 Å². The summed E-state index contributed by atoms with van der Waals surface area (Å²) in [7, 11) is 0. The van der Waals surface area contributed by atoms with Gasteiger partial charge in [0.25, 0.3) is 0 Å². The third kappa shape index (κ3) is 2.62.